The van der Waals surface area contributed by atoms with Crippen LogP contribution in [0, 0.1) is 12.7 Å². The zero-order chi connectivity index (χ0) is 20.0. The van der Waals surface area contributed by atoms with Crippen molar-refractivity contribution in [3.63, 3.8) is 0 Å². The number of aryl methyl sites for hydroxylation is 1. The molecule has 1 fully saturated rings. The second-order valence-corrected chi connectivity index (χ2v) is 7.02. The Kier molecular flexibility index (Phi) is 4.33. The van der Waals surface area contributed by atoms with Crippen molar-refractivity contribution in [1.82, 2.24) is 15.2 Å². The number of carbonyl (C=O) groups excluding carboxylic acids is 3. The lowest BCUT2D eigenvalue weighted by molar-refractivity contribution is -0.136. The number of anilines is 1. The molecule has 1 aromatic heterocycles. The molecule has 7 nitrogen and oxygen atoms in total. The summed E-state index contributed by atoms with van der Waals surface area (Å²) in [6, 6.07) is 5.98. The van der Waals surface area contributed by atoms with E-state index in [1.807, 2.05) is 13.0 Å². The van der Waals surface area contributed by atoms with E-state index >= 15 is 4.39 Å². The number of carbonyl (C=O) groups is 3. The molecule has 0 radical (unpaired) electrons. The van der Waals surface area contributed by atoms with Gasteiger partial charge in [-0.1, -0.05) is 0 Å². The molecule has 2 aliphatic heterocycles. The Morgan fingerprint density at radius 1 is 1.21 bits per heavy atom. The molecule has 0 saturated carbocycles. The van der Waals surface area contributed by atoms with Crippen molar-refractivity contribution in [2.24, 2.45) is 0 Å². The minimum atomic E-state index is -0.770. The van der Waals surface area contributed by atoms with Gasteiger partial charge in [-0.2, -0.15) is 0 Å². The molecule has 2 aliphatic rings. The third-order valence-corrected chi connectivity index (χ3v) is 5.15. The molecular formula is C20H19FN4O3. The van der Waals surface area contributed by atoms with Gasteiger partial charge in [-0.3, -0.25) is 19.7 Å². The van der Waals surface area contributed by atoms with Gasteiger partial charge in [-0.25, -0.2) is 9.37 Å². The van der Waals surface area contributed by atoms with Crippen LogP contribution in [0.15, 0.2) is 24.3 Å². The molecular weight excluding hydrogens is 363 g/mol. The van der Waals surface area contributed by atoms with Gasteiger partial charge in [0.05, 0.1) is 12.2 Å². The Hall–Kier alpha value is -3.29. The lowest BCUT2D eigenvalue weighted by Crippen LogP contribution is -2.52. The van der Waals surface area contributed by atoms with E-state index in [1.54, 1.807) is 25.2 Å². The van der Waals surface area contributed by atoms with E-state index in [1.165, 1.54) is 4.90 Å². The smallest absolute Gasteiger partial charge is 0.255 e. The molecule has 0 aliphatic carbocycles. The highest BCUT2D eigenvalue weighted by atomic mass is 19.1. The van der Waals surface area contributed by atoms with Crippen LogP contribution in [0.3, 0.4) is 0 Å². The molecule has 144 valence electrons. The summed E-state index contributed by atoms with van der Waals surface area (Å²) in [6.45, 7) is 1.89. The van der Waals surface area contributed by atoms with Crippen LogP contribution in [0.25, 0.3) is 11.3 Å². The van der Waals surface area contributed by atoms with Gasteiger partial charge in [0.2, 0.25) is 11.8 Å². The van der Waals surface area contributed by atoms with Crippen molar-refractivity contribution in [1.29, 1.82) is 0 Å². The first-order chi connectivity index (χ1) is 13.4. The van der Waals surface area contributed by atoms with Gasteiger partial charge in [-0.05, 0) is 43.2 Å². The molecule has 1 atom stereocenters. The quantitative estimate of drug-likeness (QED) is 0.793. The zero-order valence-electron chi connectivity index (χ0n) is 15.5. The molecule has 1 unspecified atom stereocenters. The molecule has 0 bridgehead atoms. The highest BCUT2D eigenvalue weighted by Crippen LogP contribution is 2.34. The number of fused-ring (bicyclic) bond motifs is 1. The van der Waals surface area contributed by atoms with E-state index in [2.05, 4.69) is 15.6 Å². The second kappa shape index (κ2) is 6.70. The largest absolute Gasteiger partial charge is 0.373 e. The molecule has 1 aromatic carbocycles. The standard InChI is InChI=1S/C20H19FN4O3/c1-10-7-14(23-16(8-10)22-2)12-4-3-11-13(18(12)21)9-25(20(11)28)15-5-6-17(26)24-19(15)27/h3-4,7-8,15H,5-6,9H2,1-2H3,(H,22,23)(H,24,26,27). The van der Waals surface area contributed by atoms with Crippen LogP contribution in [-0.4, -0.2) is 40.7 Å². The van der Waals surface area contributed by atoms with Crippen LogP contribution < -0.4 is 10.6 Å². The fraction of sp³-hybridized carbons (Fsp3) is 0.300. The van der Waals surface area contributed by atoms with Crippen LogP contribution >= 0.6 is 0 Å². The normalized spacial score (nSPS) is 18.9. The van der Waals surface area contributed by atoms with Crippen LogP contribution in [0.4, 0.5) is 10.2 Å². The SMILES string of the molecule is CNc1cc(C)cc(-c2ccc3c(c2F)CN(C2CCC(=O)NC2=O)C3=O)n1. The number of benzene rings is 1. The summed E-state index contributed by atoms with van der Waals surface area (Å²) in [5.41, 5.74) is 2.19. The highest BCUT2D eigenvalue weighted by Gasteiger charge is 2.40. The maximum absolute atomic E-state index is 15.3. The lowest BCUT2D eigenvalue weighted by Gasteiger charge is -2.29. The molecule has 2 N–H and O–H groups in total. The van der Waals surface area contributed by atoms with Crippen molar-refractivity contribution in [3.05, 3.63) is 46.8 Å². The van der Waals surface area contributed by atoms with Crippen molar-refractivity contribution >= 4 is 23.5 Å². The first kappa shape index (κ1) is 18.1. The predicted octanol–water partition coefficient (Wildman–Crippen LogP) is 2.00. The summed E-state index contributed by atoms with van der Waals surface area (Å²) in [5.74, 6) is -1.17. The number of hydrogen-bond donors (Lipinski definition) is 2. The van der Waals surface area contributed by atoms with E-state index < -0.39 is 23.7 Å². The second-order valence-electron chi connectivity index (χ2n) is 7.02. The van der Waals surface area contributed by atoms with Crippen LogP contribution in [0.2, 0.25) is 0 Å². The maximum atomic E-state index is 15.3. The van der Waals surface area contributed by atoms with E-state index in [9.17, 15) is 14.4 Å². The molecule has 28 heavy (non-hydrogen) atoms. The number of nitrogens with one attached hydrogen (secondary N) is 2. The summed E-state index contributed by atoms with van der Waals surface area (Å²) < 4.78 is 15.3. The number of pyridine rings is 1. The number of aromatic nitrogens is 1. The topological polar surface area (TPSA) is 91.4 Å². The highest BCUT2D eigenvalue weighted by molar-refractivity contribution is 6.05. The molecule has 4 rings (SSSR count). The molecule has 3 heterocycles. The van der Waals surface area contributed by atoms with Gasteiger partial charge in [-0.15, -0.1) is 0 Å². The Bertz CT molecular complexity index is 1020. The number of hydrogen-bond acceptors (Lipinski definition) is 5. The number of nitrogens with zero attached hydrogens (tertiary/aromatic N) is 2. The van der Waals surface area contributed by atoms with Crippen molar-refractivity contribution < 1.29 is 18.8 Å². The predicted molar refractivity (Wildman–Crippen MR) is 100.0 cm³/mol. The average Bonchev–Trinajstić information content (AvgIpc) is 2.99. The van der Waals surface area contributed by atoms with Crippen molar-refractivity contribution in [2.45, 2.75) is 32.4 Å². The number of halogens is 1. The third kappa shape index (κ3) is 2.90. The summed E-state index contributed by atoms with van der Waals surface area (Å²) in [7, 11) is 1.74. The minimum absolute atomic E-state index is 0.00911. The minimum Gasteiger partial charge on any atom is -0.373 e. The maximum Gasteiger partial charge on any atom is 0.255 e. The Balaban J connectivity index is 1.70. The van der Waals surface area contributed by atoms with Gasteiger partial charge in [0.25, 0.3) is 5.91 Å². The fourth-order valence-corrected chi connectivity index (χ4v) is 3.74. The Morgan fingerprint density at radius 3 is 2.68 bits per heavy atom. The molecule has 0 spiro atoms. The first-order valence-electron chi connectivity index (χ1n) is 9.02. The summed E-state index contributed by atoms with van der Waals surface area (Å²) in [6.07, 6.45) is 0.397. The van der Waals surface area contributed by atoms with Crippen LogP contribution in [0.5, 0.6) is 0 Å². The molecule has 8 heteroatoms. The van der Waals surface area contributed by atoms with E-state index in [0.29, 0.717) is 17.1 Å². The molecule has 3 amide bonds. The fourth-order valence-electron chi connectivity index (χ4n) is 3.74. The van der Waals surface area contributed by atoms with Gasteiger partial charge < -0.3 is 10.2 Å². The van der Waals surface area contributed by atoms with Crippen molar-refractivity contribution in [3.8, 4) is 11.3 Å². The van der Waals surface area contributed by atoms with E-state index in [4.69, 9.17) is 0 Å². The lowest BCUT2D eigenvalue weighted by atomic mass is 10.0. The number of rotatable bonds is 3. The van der Waals surface area contributed by atoms with Crippen LogP contribution in [-0.2, 0) is 16.1 Å². The van der Waals surface area contributed by atoms with E-state index in [0.717, 1.165) is 5.56 Å². The monoisotopic (exact) mass is 382 g/mol. The third-order valence-electron chi connectivity index (χ3n) is 5.15. The molecule has 1 saturated heterocycles. The summed E-state index contributed by atoms with van der Waals surface area (Å²) in [4.78, 5) is 42.0. The number of amides is 3. The average molecular weight is 382 g/mol. The van der Waals surface area contributed by atoms with Gasteiger partial charge in [0, 0.05) is 30.2 Å². The summed E-state index contributed by atoms with van der Waals surface area (Å²) in [5, 5.41) is 5.19. The van der Waals surface area contributed by atoms with Gasteiger partial charge >= 0.3 is 0 Å². The number of piperidine rings is 1. The zero-order valence-corrected chi connectivity index (χ0v) is 15.5. The van der Waals surface area contributed by atoms with Crippen molar-refractivity contribution in [2.75, 3.05) is 12.4 Å². The molecule has 2 aromatic rings. The Morgan fingerprint density at radius 2 is 1.96 bits per heavy atom. The Labute approximate surface area is 160 Å². The van der Waals surface area contributed by atoms with E-state index in [-0.39, 0.29) is 36.4 Å². The first-order valence-corrected chi connectivity index (χ1v) is 9.02. The van der Waals surface area contributed by atoms with Gasteiger partial charge in [0.1, 0.15) is 17.7 Å². The summed E-state index contributed by atoms with van der Waals surface area (Å²) >= 11 is 0. The van der Waals surface area contributed by atoms with Crippen LogP contribution in [0.1, 0.15) is 34.3 Å². The van der Waals surface area contributed by atoms with Gasteiger partial charge in [0.15, 0.2) is 0 Å². The number of imide groups is 1.